The third-order valence-electron chi connectivity index (χ3n) is 6.24. The summed E-state index contributed by atoms with van der Waals surface area (Å²) in [4.78, 5) is 30.3. The largest absolute Gasteiger partial charge is 0.493 e. The van der Waals surface area contributed by atoms with Gasteiger partial charge in [0.1, 0.15) is 5.82 Å². The van der Waals surface area contributed by atoms with Crippen molar-refractivity contribution < 1.29 is 19.0 Å². The van der Waals surface area contributed by atoms with Crippen LogP contribution in [0.2, 0.25) is 0 Å². The van der Waals surface area contributed by atoms with Crippen LogP contribution in [-0.4, -0.2) is 41.7 Å². The van der Waals surface area contributed by atoms with E-state index >= 15 is 0 Å². The average molecular weight is 556 g/mol. The molecular formula is C27H30BrN3O5. The Morgan fingerprint density at radius 1 is 1.19 bits per heavy atom. The van der Waals surface area contributed by atoms with Crippen molar-refractivity contribution in [3.63, 3.8) is 0 Å². The molecule has 36 heavy (non-hydrogen) atoms. The van der Waals surface area contributed by atoms with E-state index in [4.69, 9.17) is 19.2 Å². The Bertz CT molecular complexity index is 1330. The van der Waals surface area contributed by atoms with Crippen molar-refractivity contribution in [1.29, 1.82) is 0 Å². The number of carbonyl (C=O) groups excluding carboxylic acids is 1. The molecule has 1 aliphatic rings. The highest BCUT2D eigenvalue weighted by Crippen LogP contribution is 2.32. The molecule has 0 unspecified atom stereocenters. The average Bonchev–Trinajstić information content (AvgIpc) is 2.89. The van der Waals surface area contributed by atoms with Crippen LogP contribution in [0.15, 0.2) is 50.8 Å². The van der Waals surface area contributed by atoms with Gasteiger partial charge in [0.25, 0.3) is 5.56 Å². The molecule has 4 rings (SSSR count). The highest BCUT2D eigenvalue weighted by Gasteiger charge is 2.23. The fraction of sp³-hybridized carbons (Fsp3) is 0.407. The third kappa shape index (κ3) is 5.78. The Balaban J connectivity index is 1.69. The molecule has 2 aromatic carbocycles. The molecule has 190 valence electrons. The fourth-order valence-corrected chi connectivity index (χ4v) is 4.75. The lowest BCUT2D eigenvalue weighted by Crippen LogP contribution is -2.26. The van der Waals surface area contributed by atoms with Gasteiger partial charge in [-0.05, 0) is 68.7 Å². The summed E-state index contributed by atoms with van der Waals surface area (Å²) in [6.07, 6.45) is 6.24. The number of hydrogen-bond acceptors (Lipinski definition) is 7. The molecule has 1 atom stereocenters. The van der Waals surface area contributed by atoms with Crippen molar-refractivity contribution in [3.05, 3.63) is 62.6 Å². The number of carbonyl (C=O) groups is 1. The van der Waals surface area contributed by atoms with Gasteiger partial charge in [-0.25, -0.2) is 9.78 Å². The number of nitrogens with zero attached hydrogens (tertiary/aromatic N) is 3. The molecule has 0 aliphatic heterocycles. The van der Waals surface area contributed by atoms with Crippen molar-refractivity contribution in [2.75, 3.05) is 13.7 Å². The monoisotopic (exact) mass is 555 g/mol. The lowest BCUT2D eigenvalue weighted by molar-refractivity contribution is -0.150. The predicted molar refractivity (Wildman–Crippen MR) is 142 cm³/mol. The summed E-state index contributed by atoms with van der Waals surface area (Å²) < 4.78 is 18.4. The smallest absolute Gasteiger partial charge is 0.347 e. The van der Waals surface area contributed by atoms with Crippen molar-refractivity contribution in [1.82, 2.24) is 9.66 Å². The highest BCUT2D eigenvalue weighted by atomic mass is 79.9. The minimum atomic E-state index is -0.780. The van der Waals surface area contributed by atoms with Crippen LogP contribution in [0.25, 0.3) is 10.9 Å². The SMILES string of the molecule is CCOC(=O)[C@@H](C)Oc1ccc(C=Nn2c(C3CCCCC3)nc3ccc(Br)cc3c2=O)cc1OC. The van der Waals surface area contributed by atoms with Crippen LogP contribution in [0, 0.1) is 0 Å². The van der Waals surface area contributed by atoms with E-state index in [1.165, 1.54) is 18.2 Å². The first-order chi connectivity index (χ1) is 17.4. The molecule has 1 aliphatic carbocycles. The molecule has 3 aromatic rings. The van der Waals surface area contributed by atoms with Crippen LogP contribution >= 0.6 is 15.9 Å². The van der Waals surface area contributed by atoms with E-state index in [2.05, 4.69) is 21.0 Å². The predicted octanol–water partition coefficient (Wildman–Crippen LogP) is 5.43. The quantitative estimate of drug-likeness (QED) is 0.272. The van der Waals surface area contributed by atoms with Crippen LogP contribution in [-0.2, 0) is 9.53 Å². The molecular weight excluding hydrogens is 526 g/mol. The van der Waals surface area contributed by atoms with Crippen molar-refractivity contribution >= 4 is 39.0 Å². The Hall–Kier alpha value is -3.20. The number of hydrogen-bond donors (Lipinski definition) is 0. The summed E-state index contributed by atoms with van der Waals surface area (Å²) in [6.45, 7) is 3.65. The maximum atomic E-state index is 13.5. The molecule has 8 nitrogen and oxygen atoms in total. The second-order valence-electron chi connectivity index (χ2n) is 8.75. The number of rotatable bonds is 8. The molecule has 0 bridgehead atoms. The number of methoxy groups -OCH3 is 1. The van der Waals surface area contributed by atoms with E-state index < -0.39 is 12.1 Å². The zero-order valence-electron chi connectivity index (χ0n) is 20.7. The lowest BCUT2D eigenvalue weighted by Gasteiger charge is -2.22. The van der Waals surface area contributed by atoms with Crippen LogP contribution in [0.4, 0.5) is 0 Å². The summed E-state index contributed by atoms with van der Waals surface area (Å²) in [5.41, 5.74) is 1.18. The van der Waals surface area contributed by atoms with Crippen LogP contribution in [0.3, 0.4) is 0 Å². The molecule has 0 radical (unpaired) electrons. The first-order valence-electron chi connectivity index (χ1n) is 12.2. The van der Waals surface area contributed by atoms with Crippen molar-refractivity contribution in [2.45, 2.75) is 58.0 Å². The number of aromatic nitrogens is 2. The molecule has 1 aromatic heterocycles. The van der Waals surface area contributed by atoms with Gasteiger partial charge in [0, 0.05) is 10.4 Å². The lowest BCUT2D eigenvalue weighted by atomic mass is 9.88. The van der Waals surface area contributed by atoms with E-state index in [1.54, 1.807) is 44.3 Å². The topological polar surface area (TPSA) is 92.0 Å². The summed E-state index contributed by atoms with van der Waals surface area (Å²) in [6, 6.07) is 10.8. The first-order valence-corrected chi connectivity index (χ1v) is 13.0. The van der Waals surface area contributed by atoms with Gasteiger partial charge in [-0.15, -0.1) is 0 Å². The Morgan fingerprint density at radius 2 is 1.97 bits per heavy atom. The standard InChI is InChI=1S/C27H30BrN3O5/c1-4-35-27(33)17(2)36-23-13-10-18(14-24(23)34-3)16-29-31-25(19-8-6-5-7-9-19)30-22-12-11-20(28)15-21(22)26(31)32/h10-17,19H,4-9H2,1-3H3/t17-/m1/s1. The molecule has 0 amide bonds. The van der Waals surface area contributed by atoms with Gasteiger partial charge in [0.15, 0.2) is 17.6 Å². The van der Waals surface area contributed by atoms with Crippen molar-refractivity contribution in [3.8, 4) is 11.5 Å². The van der Waals surface area contributed by atoms with Crippen LogP contribution in [0.5, 0.6) is 11.5 Å². The molecule has 0 spiro atoms. The summed E-state index contributed by atoms with van der Waals surface area (Å²) in [7, 11) is 1.52. The minimum absolute atomic E-state index is 0.186. The molecule has 0 N–H and O–H groups in total. The molecule has 0 saturated heterocycles. The van der Waals surface area contributed by atoms with Gasteiger partial charge in [0.2, 0.25) is 0 Å². The summed E-state index contributed by atoms with van der Waals surface area (Å²) >= 11 is 3.45. The summed E-state index contributed by atoms with van der Waals surface area (Å²) in [5, 5.41) is 5.09. The third-order valence-corrected chi connectivity index (χ3v) is 6.73. The normalized spacial score (nSPS) is 15.2. The summed E-state index contributed by atoms with van der Waals surface area (Å²) in [5.74, 6) is 1.28. The highest BCUT2D eigenvalue weighted by molar-refractivity contribution is 9.10. The van der Waals surface area contributed by atoms with Crippen molar-refractivity contribution in [2.24, 2.45) is 5.10 Å². The molecule has 1 heterocycles. The van der Waals surface area contributed by atoms with Gasteiger partial charge in [0.05, 0.1) is 30.8 Å². The first kappa shape index (κ1) is 25.9. The number of fused-ring (bicyclic) bond motifs is 1. The maximum Gasteiger partial charge on any atom is 0.347 e. The van der Waals surface area contributed by atoms with Crippen LogP contribution < -0.4 is 15.0 Å². The Morgan fingerprint density at radius 3 is 2.69 bits per heavy atom. The van der Waals surface area contributed by atoms with Gasteiger partial charge < -0.3 is 14.2 Å². The van der Waals surface area contributed by atoms with E-state index in [9.17, 15) is 9.59 Å². The van der Waals surface area contributed by atoms with Gasteiger partial charge in [-0.1, -0.05) is 35.2 Å². The number of esters is 1. The molecule has 1 saturated carbocycles. The zero-order valence-corrected chi connectivity index (χ0v) is 22.3. The fourth-order valence-electron chi connectivity index (χ4n) is 4.39. The number of benzene rings is 2. The molecule has 9 heteroatoms. The minimum Gasteiger partial charge on any atom is -0.493 e. The Kier molecular flexibility index (Phi) is 8.40. The van der Waals surface area contributed by atoms with E-state index in [0.29, 0.717) is 33.8 Å². The van der Waals surface area contributed by atoms with Gasteiger partial charge in [-0.2, -0.15) is 9.78 Å². The molecule has 1 fully saturated rings. The maximum absolute atomic E-state index is 13.5. The van der Waals surface area contributed by atoms with Gasteiger partial charge in [-0.3, -0.25) is 4.79 Å². The number of halogens is 1. The Labute approximate surface area is 218 Å². The van der Waals surface area contributed by atoms with E-state index in [1.807, 2.05) is 12.1 Å². The number of ether oxygens (including phenoxy) is 3. The second-order valence-corrected chi connectivity index (χ2v) is 9.67. The van der Waals surface area contributed by atoms with E-state index in [0.717, 1.165) is 30.2 Å². The van der Waals surface area contributed by atoms with Crippen LogP contribution in [0.1, 0.15) is 63.3 Å². The zero-order chi connectivity index (χ0) is 25.7. The van der Waals surface area contributed by atoms with Gasteiger partial charge >= 0.3 is 5.97 Å². The second kappa shape index (κ2) is 11.7. The van der Waals surface area contributed by atoms with E-state index in [-0.39, 0.29) is 18.1 Å².